The van der Waals surface area contributed by atoms with Crippen molar-refractivity contribution in [1.82, 2.24) is 24.2 Å². The summed E-state index contributed by atoms with van der Waals surface area (Å²) in [5.74, 6) is 0.202. The maximum atomic E-state index is 14.0. The number of nitrogens with zero attached hydrogens (tertiary/aromatic N) is 4. The third-order valence-electron chi connectivity index (χ3n) is 9.01. The van der Waals surface area contributed by atoms with Gasteiger partial charge in [-0.25, -0.2) is 17.4 Å². The molecule has 1 amide bonds. The second kappa shape index (κ2) is 12.0. The normalized spacial score (nSPS) is 16.4. The summed E-state index contributed by atoms with van der Waals surface area (Å²) in [5, 5.41) is 14.0. The Morgan fingerprint density at radius 3 is 2.54 bits per heavy atom. The summed E-state index contributed by atoms with van der Waals surface area (Å²) < 4.78 is 33.4. The molecule has 6 rings (SSSR count). The van der Waals surface area contributed by atoms with Crippen molar-refractivity contribution in [2.75, 3.05) is 45.2 Å². The van der Waals surface area contributed by atoms with Crippen LogP contribution in [0.1, 0.15) is 40.9 Å². The van der Waals surface area contributed by atoms with E-state index in [9.17, 15) is 23.1 Å². The Kier molecular flexibility index (Phi) is 8.15. The van der Waals surface area contributed by atoms with Gasteiger partial charge in [0.1, 0.15) is 17.3 Å². The van der Waals surface area contributed by atoms with Crippen molar-refractivity contribution >= 4 is 32.7 Å². The number of nitrogens with one attached hydrogen (secondary N) is 2. The SMILES string of the molecule is C=CCC1(S(=O)(=O)n2cc(O)c3c(C(=O)NCc4c(OC)cc(C)[nH]c4=O)cc(-c4ccc(N5CCN(C)CC5)nc4)cc32)CC1. The van der Waals surface area contributed by atoms with Crippen LogP contribution in [0.25, 0.3) is 22.0 Å². The van der Waals surface area contributed by atoms with Crippen molar-refractivity contribution in [3.8, 4) is 22.6 Å². The minimum atomic E-state index is -3.97. The van der Waals surface area contributed by atoms with Gasteiger partial charge in [-0.3, -0.25) is 9.59 Å². The zero-order valence-electron chi connectivity index (χ0n) is 26.2. The van der Waals surface area contributed by atoms with Gasteiger partial charge < -0.3 is 29.9 Å². The lowest BCUT2D eigenvalue weighted by Crippen LogP contribution is -2.44. The molecule has 242 valence electrons. The number of methoxy groups -OCH3 is 1. The number of carbonyl (C=O) groups is 1. The summed E-state index contributed by atoms with van der Waals surface area (Å²) in [5.41, 5.74) is 1.87. The average molecular weight is 647 g/mol. The number of aromatic amines is 1. The van der Waals surface area contributed by atoms with Crippen LogP contribution in [0.15, 0.2) is 60.2 Å². The van der Waals surface area contributed by atoms with Gasteiger partial charge >= 0.3 is 0 Å². The summed E-state index contributed by atoms with van der Waals surface area (Å²) in [6.07, 6.45) is 5.67. The van der Waals surface area contributed by atoms with Gasteiger partial charge in [-0.2, -0.15) is 0 Å². The van der Waals surface area contributed by atoms with Crippen LogP contribution >= 0.6 is 0 Å². The van der Waals surface area contributed by atoms with Gasteiger partial charge in [0.05, 0.1) is 46.6 Å². The van der Waals surface area contributed by atoms with E-state index in [0.717, 1.165) is 42.2 Å². The highest BCUT2D eigenvalue weighted by Gasteiger charge is 2.54. The number of hydrogen-bond acceptors (Lipinski definition) is 9. The Bertz CT molecular complexity index is 1990. The largest absolute Gasteiger partial charge is 0.506 e. The minimum Gasteiger partial charge on any atom is -0.506 e. The standard InChI is InChI=1S/C33H38N6O6S/c1-5-8-33(9-10-33)46(43,44)39-20-27(40)30-24(31(41)35-19-25-28(45-4)15-21(2)36-32(25)42)16-23(17-26(30)39)22-6-7-29(34-18-22)38-13-11-37(3)12-14-38/h5-7,15-18,20,40H,1,8-14,19H2,2-4H3,(H,35,41)(H,36,42). The molecule has 1 aliphatic heterocycles. The molecule has 3 N–H and O–H groups in total. The van der Waals surface area contributed by atoms with Crippen LogP contribution in [0, 0.1) is 6.92 Å². The number of aromatic hydroxyl groups is 1. The quantitative estimate of drug-likeness (QED) is 0.221. The van der Waals surface area contributed by atoms with Gasteiger partial charge in [-0.05, 0) is 69.1 Å². The van der Waals surface area contributed by atoms with Crippen molar-refractivity contribution in [3.05, 3.63) is 82.6 Å². The van der Waals surface area contributed by atoms with Crippen molar-refractivity contribution < 1.29 is 23.1 Å². The monoisotopic (exact) mass is 646 g/mol. The van der Waals surface area contributed by atoms with E-state index in [2.05, 4.69) is 38.7 Å². The molecule has 3 aromatic heterocycles. The Balaban J connectivity index is 1.43. The molecule has 0 spiro atoms. The Morgan fingerprint density at radius 2 is 1.91 bits per heavy atom. The highest BCUT2D eigenvalue weighted by Crippen LogP contribution is 2.49. The Labute approximate surface area is 267 Å². The Hall–Kier alpha value is -4.62. The lowest BCUT2D eigenvalue weighted by Gasteiger charge is -2.33. The average Bonchev–Trinajstić information content (AvgIpc) is 3.76. The summed E-state index contributed by atoms with van der Waals surface area (Å²) in [7, 11) is -0.444. The predicted molar refractivity (Wildman–Crippen MR) is 177 cm³/mol. The molecular formula is C33H38N6O6S. The van der Waals surface area contributed by atoms with Crippen LogP contribution < -0.4 is 20.5 Å². The van der Waals surface area contributed by atoms with Crippen LogP contribution in [0.5, 0.6) is 11.5 Å². The summed E-state index contributed by atoms with van der Waals surface area (Å²) in [6.45, 7) is 8.88. The number of pyridine rings is 2. The topological polar surface area (TPSA) is 150 Å². The molecule has 13 heteroatoms. The predicted octanol–water partition coefficient (Wildman–Crippen LogP) is 3.38. The fraction of sp³-hybridized carbons (Fsp3) is 0.364. The molecule has 2 fully saturated rings. The minimum absolute atomic E-state index is 0.0539. The van der Waals surface area contributed by atoms with Gasteiger partial charge in [-0.15, -0.1) is 6.58 Å². The molecule has 1 saturated heterocycles. The van der Waals surface area contributed by atoms with Gasteiger partial charge in [0.25, 0.3) is 11.5 Å². The van der Waals surface area contributed by atoms with E-state index in [4.69, 9.17) is 4.74 Å². The first kappa shape index (κ1) is 31.4. The third-order valence-corrected chi connectivity index (χ3v) is 11.5. The number of H-pyrrole nitrogens is 1. The first-order valence-corrected chi connectivity index (χ1v) is 16.6. The lowest BCUT2D eigenvalue weighted by atomic mass is 10.00. The molecule has 2 aliphatic rings. The number of rotatable bonds is 10. The van der Waals surface area contributed by atoms with Crippen LogP contribution in [0.2, 0.25) is 0 Å². The summed E-state index contributed by atoms with van der Waals surface area (Å²) in [4.78, 5) is 38.4. The summed E-state index contributed by atoms with van der Waals surface area (Å²) in [6, 6.07) is 8.73. The zero-order chi connectivity index (χ0) is 32.8. The molecule has 0 unspecified atom stereocenters. The molecule has 1 aliphatic carbocycles. The zero-order valence-corrected chi connectivity index (χ0v) is 27.0. The molecule has 4 heterocycles. The van der Waals surface area contributed by atoms with Crippen molar-refractivity contribution in [2.45, 2.75) is 37.5 Å². The number of hydrogen-bond donors (Lipinski definition) is 3. The number of aryl methyl sites for hydroxylation is 1. The van der Waals surface area contributed by atoms with Crippen LogP contribution in [0.3, 0.4) is 0 Å². The highest BCUT2D eigenvalue weighted by molar-refractivity contribution is 7.91. The van der Waals surface area contributed by atoms with Gasteiger partial charge in [-0.1, -0.05) is 6.08 Å². The number of allylic oxidation sites excluding steroid dienone is 1. The van der Waals surface area contributed by atoms with Crippen molar-refractivity contribution in [2.24, 2.45) is 0 Å². The number of piperazine rings is 1. The molecule has 1 saturated carbocycles. The summed E-state index contributed by atoms with van der Waals surface area (Å²) >= 11 is 0. The number of amides is 1. The molecule has 0 atom stereocenters. The molecule has 46 heavy (non-hydrogen) atoms. The second-order valence-corrected chi connectivity index (χ2v) is 14.3. The van der Waals surface area contributed by atoms with Crippen LogP contribution in [-0.2, 0) is 16.6 Å². The van der Waals surface area contributed by atoms with Crippen LogP contribution in [-0.4, -0.2) is 83.4 Å². The number of aromatic nitrogens is 3. The molecule has 0 bridgehead atoms. The van der Waals surface area contributed by atoms with Crippen LogP contribution in [0.4, 0.5) is 5.82 Å². The van der Waals surface area contributed by atoms with E-state index < -0.39 is 26.2 Å². The number of benzene rings is 1. The molecule has 1 aromatic carbocycles. The fourth-order valence-electron chi connectivity index (χ4n) is 6.12. The number of likely N-dealkylation sites (N-methyl/N-ethyl adjacent to an activating group) is 1. The smallest absolute Gasteiger partial charge is 0.256 e. The van der Waals surface area contributed by atoms with E-state index >= 15 is 0 Å². The first-order chi connectivity index (χ1) is 22.0. The second-order valence-electron chi connectivity index (χ2n) is 12.1. The fourth-order valence-corrected chi connectivity index (χ4v) is 8.12. The maximum absolute atomic E-state index is 14.0. The molecular weight excluding hydrogens is 608 g/mol. The van der Waals surface area contributed by atoms with E-state index in [1.54, 1.807) is 37.4 Å². The maximum Gasteiger partial charge on any atom is 0.256 e. The Morgan fingerprint density at radius 1 is 1.17 bits per heavy atom. The highest BCUT2D eigenvalue weighted by atomic mass is 32.2. The van der Waals surface area contributed by atoms with Crippen molar-refractivity contribution in [3.63, 3.8) is 0 Å². The first-order valence-electron chi connectivity index (χ1n) is 15.2. The number of ether oxygens (including phenoxy) is 1. The lowest BCUT2D eigenvalue weighted by molar-refractivity contribution is 0.0952. The van der Waals surface area contributed by atoms with E-state index in [0.29, 0.717) is 35.4 Å². The van der Waals surface area contributed by atoms with E-state index in [-0.39, 0.29) is 40.7 Å². The third kappa shape index (κ3) is 5.53. The van der Waals surface area contributed by atoms with E-state index in [1.165, 1.54) is 7.11 Å². The molecule has 0 radical (unpaired) electrons. The van der Waals surface area contributed by atoms with Crippen molar-refractivity contribution in [1.29, 1.82) is 0 Å². The molecule has 12 nitrogen and oxygen atoms in total. The van der Waals surface area contributed by atoms with E-state index in [1.807, 2.05) is 12.1 Å². The molecule has 4 aromatic rings. The van der Waals surface area contributed by atoms with Gasteiger partial charge in [0.15, 0.2) is 0 Å². The van der Waals surface area contributed by atoms with Gasteiger partial charge in [0, 0.05) is 43.6 Å². The van der Waals surface area contributed by atoms with Gasteiger partial charge in [0.2, 0.25) is 10.0 Å². The number of carbonyl (C=O) groups excluding carboxylic acids is 1. The number of fused-ring (bicyclic) bond motifs is 1. The number of anilines is 1.